The maximum atomic E-state index is 13.0. The van der Waals surface area contributed by atoms with Crippen LogP contribution in [0.1, 0.15) is 10.4 Å². The first-order valence-electron chi connectivity index (χ1n) is 7.72. The summed E-state index contributed by atoms with van der Waals surface area (Å²) in [6.07, 6.45) is 0. The SMILES string of the molecule is CN(C)CCN(C(=O)c1cccc(Cl)c1)c1nc2ccc(Cl)cc2s1.Cl. The van der Waals surface area contributed by atoms with Gasteiger partial charge in [-0.15, -0.1) is 12.4 Å². The molecule has 3 rings (SSSR count). The highest BCUT2D eigenvalue weighted by atomic mass is 35.5. The highest BCUT2D eigenvalue weighted by Gasteiger charge is 2.21. The normalized spacial score (nSPS) is 10.8. The van der Waals surface area contributed by atoms with E-state index in [0.717, 1.165) is 16.8 Å². The van der Waals surface area contributed by atoms with E-state index < -0.39 is 0 Å². The van der Waals surface area contributed by atoms with Gasteiger partial charge in [0.15, 0.2) is 5.13 Å². The fourth-order valence-electron chi connectivity index (χ4n) is 2.36. The molecule has 1 aromatic heterocycles. The van der Waals surface area contributed by atoms with Crippen molar-refractivity contribution in [2.75, 3.05) is 32.1 Å². The Labute approximate surface area is 172 Å². The van der Waals surface area contributed by atoms with Crippen LogP contribution in [-0.4, -0.2) is 43.0 Å². The van der Waals surface area contributed by atoms with Crippen LogP contribution in [0.25, 0.3) is 10.2 Å². The Bertz CT molecular complexity index is 914. The summed E-state index contributed by atoms with van der Waals surface area (Å²) >= 11 is 13.6. The number of anilines is 1. The summed E-state index contributed by atoms with van der Waals surface area (Å²) in [6, 6.07) is 12.5. The molecule has 4 nitrogen and oxygen atoms in total. The molecule has 0 bridgehead atoms. The highest BCUT2D eigenvalue weighted by Crippen LogP contribution is 2.31. The summed E-state index contributed by atoms with van der Waals surface area (Å²) in [6.45, 7) is 1.26. The van der Waals surface area contributed by atoms with E-state index in [-0.39, 0.29) is 18.3 Å². The maximum absolute atomic E-state index is 13.0. The van der Waals surface area contributed by atoms with E-state index in [0.29, 0.717) is 27.3 Å². The predicted octanol–water partition coefficient (Wildman–Crippen LogP) is 5.23. The molecule has 0 spiro atoms. The smallest absolute Gasteiger partial charge is 0.260 e. The minimum Gasteiger partial charge on any atom is -0.308 e. The summed E-state index contributed by atoms with van der Waals surface area (Å²) < 4.78 is 0.955. The van der Waals surface area contributed by atoms with Crippen LogP contribution < -0.4 is 4.90 Å². The van der Waals surface area contributed by atoms with Gasteiger partial charge >= 0.3 is 0 Å². The van der Waals surface area contributed by atoms with Gasteiger partial charge in [0.2, 0.25) is 0 Å². The van der Waals surface area contributed by atoms with Gasteiger partial charge in [-0.1, -0.05) is 40.6 Å². The van der Waals surface area contributed by atoms with Gasteiger partial charge in [0.05, 0.1) is 10.2 Å². The Balaban J connectivity index is 0.00000243. The van der Waals surface area contributed by atoms with Gasteiger partial charge in [0.25, 0.3) is 5.91 Å². The zero-order chi connectivity index (χ0) is 18.0. The van der Waals surface area contributed by atoms with Crippen LogP contribution in [0.5, 0.6) is 0 Å². The van der Waals surface area contributed by atoms with Gasteiger partial charge in [-0.25, -0.2) is 4.98 Å². The van der Waals surface area contributed by atoms with E-state index in [1.54, 1.807) is 35.2 Å². The number of nitrogens with zero attached hydrogens (tertiary/aromatic N) is 3. The quantitative estimate of drug-likeness (QED) is 0.556. The number of fused-ring (bicyclic) bond motifs is 1. The fourth-order valence-corrected chi connectivity index (χ4v) is 3.82. The van der Waals surface area contributed by atoms with Crippen molar-refractivity contribution in [1.29, 1.82) is 0 Å². The van der Waals surface area contributed by atoms with Gasteiger partial charge in [0, 0.05) is 28.7 Å². The van der Waals surface area contributed by atoms with Crippen molar-refractivity contribution < 1.29 is 4.79 Å². The van der Waals surface area contributed by atoms with Gasteiger partial charge in [-0.2, -0.15) is 0 Å². The minimum atomic E-state index is -0.116. The number of thiazole rings is 1. The fraction of sp³-hybridized carbons (Fsp3) is 0.222. The molecule has 0 N–H and O–H groups in total. The van der Waals surface area contributed by atoms with Crippen LogP contribution >= 0.6 is 46.9 Å². The standard InChI is InChI=1S/C18H17Cl2N3OS.ClH/c1-22(2)8-9-23(17(24)12-4-3-5-13(19)10-12)18-21-15-7-6-14(20)11-16(15)25-18;/h3-7,10-11H,8-9H2,1-2H3;1H. The van der Waals surface area contributed by atoms with E-state index in [1.807, 2.05) is 31.1 Å². The number of amides is 1. The molecule has 1 amide bonds. The average molecular weight is 431 g/mol. The molecule has 2 aromatic carbocycles. The lowest BCUT2D eigenvalue weighted by Crippen LogP contribution is -2.36. The maximum Gasteiger partial charge on any atom is 0.260 e. The molecule has 0 saturated heterocycles. The van der Waals surface area contributed by atoms with E-state index in [4.69, 9.17) is 23.2 Å². The summed E-state index contributed by atoms with van der Waals surface area (Å²) in [5.74, 6) is -0.116. The Kier molecular flexibility index (Phi) is 7.26. The molecule has 26 heavy (non-hydrogen) atoms. The molecule has 0 fully saturated rings. The molecule has 8 heteroatoms. The van der Waals surface area contributed by atoms with Crippen LogP contribution in [0.4, 0.5) is 5.13 Å². The van der Waals surface area contributed by atoms with Gasteiger partial charge < -0.3 is 4.90 Å². The number of carbonyl (C=O) groups excluding carboxylic acids is 1. The van der Waals surface area contributed by atoms with E-state index in [9.17, 15) is 4.79 Å². The summed E-state index contributed by atoms with van der Waals surface area (Å²) in [4.78, 5) is 21.4. The van der Waals surface area contributed by atoms with Crippen molar-refractivity contribution >= 4 is 68.2 Å². The van der Waals surface area contributed by atoms with Crippen LogP contribution in [-0.2, 0) is 0 Å². The lowest BCUT2D eigenvalue weighted by atomic mass is 10.2. The number of hydrogen-bond donors (Lipinski definition) is 0. The molecule has 0 radical (unpaired) electrons. The number of likely N-dealkylation sites (N-methyl/N-ethyl adjacent to an activating group) is 1. The Morgan fingerprint density at radius 3 is 2.50 bits per heavy atom. The molecule has 0 atom stereocenters. The second-order valence-corrected chi connectivity index (χ2v) is 7.76. The largest absolute Gasteiger partial charge is 0.308 e. The molecule has 0 aliphatic rings. The molecule has 138 valence electrons. The molecule has 0 saturated carbocycles. The zero-order valence-electron chi connectivity index (χ0n) is 14.3. The Morgan fingerprint density at radius 1 is 1.08 bits per heavy atom. The summed E-state index contributed by atoms with van der Waals surface area (Å²) in [5, 5.41) is 1.85. The number of carbonyl (C=O) groups is 1. The van der Waals surface area contributed by atoms with Crippen molar-refractivity contribution in [2.24, 2.45) is 0 Å². The van der Waals surface area contributed by atoms with Crippen LogP contribution in [0.2, 0.25) is 10.0 Å². The Hall–Kier alpha value is -1.37. The predicted molar refractivity (Wildman–Crippen MR) is 114 cm³/mol. The van der Waals surface area contributed by atoms with Gasteiger partial charge in [-0.3, -0.25) is 9.69 Å². The van der Waals surface area contributed by atoms with Crippen molar-refractivity contribution in [3.8, 4) is 0 Å². The first-order chi connectivity index (χ1) is 11.9. The van der Waals surface area contributed by atoms with Crippen LogP contribution in [0, 0.1) is 0 Å². The monoisotopic (exact) mass is 429 g/mol. The third-order valence-corrected chi connectivity index (χ3v) is 5.17. The third kappa shape index (κ3) is 4.87. The molecular formula is C18H18Cl3N3OS. The molecule has 0 unspecified atom stereocenters. The van der Waals surface area contributed by atoms with Crippen molar-refractivity contribution in [1.82, 2.24) is 9.88 Å². The molecule has 0 aliphatic carbocycles. The van der Waals surface area contributed by atoms with Gasteiger partial charge in [-0.05, 0) is 50.5 Å². The lowest BCUT2D eigenvalue weighted by Gasteiger charge is -2.22. The first kappa shape index (κ1) is 20.9. The second-order valence-electron chi connectivity index (χ2n) is 5.88. The summed E-state index contributed by atoms with van der Waals surface area (Å²) in [5.41, 5.74) is 1.38. The van der Waals surface area contributed by atoms with Crippen LogP contribution in [0.15, 0.2) is 42.5 Å². The van der Waals surface area contributed by atoms with E-state index in [1.165, 1.54) is 11.3 Å². The first-order valence-corrected chi connectivity index (χ1v) is 9.29. The number of halogens is 3. The van der Waals surface area contributed by atoms with Crippen molar-refractivity contribution in [2.45, 2.75) is 0 Å². The van der Waals surface area contributed by atoms with E-state index >= 15 is 0 Å². The molecule has 1 heterocycles. The van der Waals surface area contributed by atoms with Crippen molar-refractivity contribution in [3.05, 3.63) is 58.1 Å². The highest BCUT2D eigenvalue weighted by molar-refractivity contribution is 7.22. The van der Waals surface area contributed by atoms with Gasteiger partial charge in [0.1, 0.15) is 0 Å². The lowest BCUT2D eigenvalue weighted by molar-refractivity contribution is 0.0985. The number of rotatable bonds is 5. The van der Waals surface area contributed by atoms with Crippen molar-refractivity contribution in [3.63, 3.8) is 0 Å². The minimum absolute atomic E-state index is 0. The van der Waals surface area contributed by atoms with E-state index in [2.05, 4.69) is 4.98 Å². The molecule has 3 aromatic rings. The Morgan fingerprint density at radius 2 is 1.81 bits per heavy atom. The number of aromatic nitrogens is 1. The van der Waals surface area contributed by atoms with Crippen LogP contribution in [0.3, 0.4) is 0 Å². The third-order valence-electron chi connectivity index (χ3n) is 3.66. The number of hydrogen-bond acceptors (Lipinski definition) is 4. The zero-order valence-corrected chi connectivity index (χ0v) is 17.4. The molecule has 0 aliphatic heterocycles. The topological polar surface area (TPSA) is 36.4 Å². The average Bonchev–Trinajstić information content (AvgIpc) is 2.97. The molecular weight excluding hydrogens is 413 g/mol. The summed E-state index contributed by atoms with van der Waals surface area (Å²) in [7, 11) is 3.94. The second kappa shape index (κ2) is 9.02. The number of benzene rings is 2.